The molecule has 1 atom stereocenters. The van der Waals surface area contributed by atoms with E-state index in [1.807, 2.05) is 13.8 Å². The number of carbonyl (C=O) groups is 2. The highest BCUT2D eigenvalue weighted by molar-refractivity contribution is 6.47. The summed E-state index contributed by atoms with van der Waals surface area (Å²) in [5, 5.41) is 11.3. The number of ether oxygens (including phenoxy) is 3. The van der Waals surface area contributed by atoms with Gasteiger partial charge in [-0.1, -0.05) is 23.2 Å². The third-order valence-electron chi connectivity index (χ3n) is 4.93. The van der Waals surface area contributed by atoms with Crippen molar-refractivity contribution in [1.29, 1.82) is 0 Å². The average molecular weight is 484 g/mol. The first-order valence-corrected chi connectivity index (χ1v) is 10.5. The lowest BCUT2D eigenvalue weighted by atomic mass is 9.98. The number of aliphatic hydroxyl groups excluding tert-OH is 1. The van der Waals surface area contributed by atoms with Gasteiger partial charge in [0, 0.05) is 6.54 Å². The summed E-state index contributed by atoms with van der Waals surface area (Å²) < 4.78 is 21.6. The Balaban J connectivity index is 2.17. The topological polar surface area (TPSA) is 98.4 Å². The van der Waals surface area contributed by atoms with Gasteiger partial charge in [-0.15, -0.1) is 0 Å². The summed E-state index contributed by atoms with van der Waals surface area (Å²) in [6.07, 6.45) is 1.36. The van der Waals surface area contributed by atoms with Crippen LogP contribution in [0.1, 0.15) is 31.2 Å². The molecule has 0 saturated carbocycles. The number of benzene rings is 1. The number of carbonyl (C=O) groups excluding carboxylic acids is 2. The fourth-order valence-electron chi connectivity index (χ4n) is 3.53. The van der Waals surface area contributed by atoms with E-state index in [0.717, 1.165) is 0 Å². The van der Waals surface area contributed by atoms with Crippen molar-refractivity contribution >= 4 is 40.7 Å². The van der Waals surface area contributed by atoms with Crippen molar-refractivity contribution in [3.05, 3.63) is 51.4 Å². The Bertz CT molecular complexity index is 1050. The van der Waals surface area contributed by atoms with Crippen LogP contribution in [0, 0.1) is 0 Å². The van der Waals surface area contributed by atoms with E-state index in [9.17, 15) is 14.7 Å². The van der Waals surface area contributed by atoms with Gasteiger partial charge in [0.2, 0.25) is 0 Å². The SMILES string of the molecule is COc1c(Cl)cc(/C(O)=C2/C(=O)C(=O)N(CCOC(C)C)C2c2ccco2)c(OC)c1Cl. The molecule has 3 rings (SSSR count). The van der Waals surface area contributed by atoms with Crippen LogP contribution in [-0.2, 0) is 14.3 Å². The number of methoxy groups -OCH3 is 2. The number of likely N-dealkylation sites (tertiary alicyclic amines) is 1. The first-order valence-electron chi connectivity index (χ1n) is 9.76. The zero-order valence-electron chi connectivity index (χ0n) is 18.0. The van der Waals surface area contributed by atoms with Crippen molar-refractivity contribution in [3.63, 3.8) is 0 Å². The highest BCUT2D eigenvalue weighted by Gasteiger charge is 2.47. The number of hydrogen-bond acceptors (Lipinski definition) is 7. The van der Waals surface area contributed by atoms with Gasteiger partial charge in [-0.3, -0.25) is 9.59 Å². The Hall–Kier alpha value is -2.68. The second kappa shape index (κ2) is 9.85. The van der Waals surface area contributed by atoms with Crippen molar-refractivity contribution in [1.82, 2.24) is 4.90 Å². The molecular weight excluding hydrogens is 461 g/mol. The third-order valence-corrected chi connectivity index (χ3v) is 5.55. The highest BCUT2D eigenvalue weighted by atomic mass is 35.5. The normalized spacial score (nSPS) is 18.0. The molecule has 1 amide bonds. The van der Waals surface area contributed by atoms with E-state index in [4.69, 9.17) is 41.8 Å². The molecule has 0 spiro atoms. The van der Waals surface area contributed by atoms with E-state index in [1.54, 1.807) is 12.1 Å². The van der Waals surface area contributed by atoms with E-state index in [0.29, 0.717) is 5.76 Å². The second-order valence-corrected chi connectivity index (χ2v) is 8.00. The van der Waals surface area contributed by atoms with Gasteiger partial charge in [-0.2, -0.15) is 0 Å². The van der Waals surface area contributed by atoms with Crippen molar-refractivity contribution in [2.24, 2.45) is 0 Å². The van der Waals surface area contributed by atoms with Gasteiger partial charge >= 0.3 is 0 Å². The molecule has 1 aromatic carbocycles. The van der Waals surface area contributed by atoms with Crippen molar-refractivity contribution < 1.29 is 33.3 Å². The van der Waals surface area contributed by atoms with Crippen LogP contribution in [0.4, 0.5) is 0 Å². The Labute approximate surface area is 195 Å². The number of nitrogens with zero attached hydrogens (tertiary/aromatic N) is 1. The van der Waals surface area contributed by atoms with Crippen LogP contribution in [0.2, 0.25) is 10.0 Å². The summed E-state index contributed by atoms with van der Waals surface area (Å²) in [6.45, 7) is 4.04. The first-order chi connectivity index (χ1) is 15.2. The molecule has 2 aromatic rings. The number of rotatable bonds is 8. The molecule has 32 heavy (non-hydrogen) atoms. The van der Waals surface area contributed by atoms with Gasteiger partial charge < -0.3 is 28.6 Å². The number of amides is 1. The van der Waals surface area contributed by atoms with Gasteiger partial charge in [0.15, 0.2) is 11.5 Å². The Morgan fingerprint density at radius 2 is 1.91 bits per heavy atom. The van der Waals surface area contributed by atoms with E-state index in [-0.39, 0.29) is 51.9 Å². The molecule has 1 aliphatic heterocycles. The summed E-state index contributed by atoms with van der Waals surface area (Å²) in [5.74, 6) is -1.67. The number of hydrogen-bond donors (Lipinski definition) is 1. The molecule has 1 aromatic heterocycles. The predicted molar refractivity (Wildman–Crippen MR) is 118 cm³/mol. The Morgan fingerprint density at radius 1 is 1.22 bits per heavy atom. The Kier molecular flexibility index (Phi) is 7.38. The standard InChI is InChI=1S/C22H23Cl2NO7/c1-11(2)31-9-7-25-17(14-6-5-8-32-14)15(19(27)22(25)28)18(26)12-10-13(23)21(30-4)16(24)20(12)29-3/h5-6,8,10-11,17,26H,7,9H2,1-4H3/b18-15-. The van der Waals surface area contributed by atoms with Crippen LogP contribution in [0.5, 0.6) is 11.5 Å². The zero-order chi connectivity index (χ0) is 23.6. The van der Waals surface area contributed by atoms with E-state index in [1.165, 1.54) is 31.4 Å². The Morgan fingerprint density at radius 3 is 2.47 bits per heavy atom. The van der Waals surface area contributed by atoms with Crippen molar-refractivity contribution in [2.75, 3.05) is 27.4 Å². The molecule has 172 valence electrons. The average Bonchev–Trinajstić information content (AvgIpc) is 3.35. The van der Waals surface area contributed by atoms with Gasteiger partial charge in [-0.05, 0) is 32.0 Å². The molecule has 1 N–H and O–H groups in total. The van der Waals surface area contributed by atoms with Gasteiger partial charge in [0.05, 0.1) is 49.4 Å². The fourth-order valence-corrected chi connectivity index (χ4v) is 4.22. The zero-order valence-corrected chi connectivity index (χ0v) is 19.5. The monoisotopic (exact) mass is 483 g/mol. The summed E-state index contributed by atoms with van der Waals surface area (Å²) >= 11 is 12.6. The van der Waals surface area contributed by atoms with Gasteiger partial charge in [-0.25, -0.2) is 0 Å². The largest absolute Gasteiger partial charge is 0.507 e. The van der Waals surface area contributed by atoms with E-state index in [2.05, 4.69) is 0 Å². The summed E-state index contributed by atoms with van der Waals surface area (Å²) in [4.78, 5) is 27.2. The van der Waals surface area contributed by atoms with Crippen LogP contribution in [0.15, 0.2) is 34.5 Å². The van der Waals surface area contributed by atoms with Crippen molar-refractivity contribution in [2.45, 2.75) is 26.0 Å². The van der Waals surface area contributed by atoms with Gasteiger partial charge in [0.1, 0.15) is 22.6 Å². The lowest BCUT2D eigenvalue weighted by molar-refractivity contribution is -0.140. The third kappa shape index (κ3) is 4.30. The first kappa shape index (κ1) is 24.0. The smallest absolute Gasteiger partial charge is 0.295 e. The predicted octanol–water partition coefficient (Wildman–Crippen LogP) is 4.45. The fraction of sp³-hybridized carbons (Fsp3) is 0.364. The number of halogens is 2. The van der Waals surface area contributed by atoms with Crippen LogP contribution >= 0.6 is 23.2 Å². The molecule has 0 radical (unpaired) electrons. The highest BCUT2D eigenvalue weighted by Crippen LogP contribution is 2.47. The molecule has 10 heteroatoms. The lowest BCUT2D eigenvalue weighted by Gasteiger charge is -2.24. The molecule has 8 nitrogen and oxygen atoms in total. The summed E-state index contributed by atoms with van der Waals surface area (Å²) in [6, 6.07) is 3.63. The van der Waals surface area contributed by atoms with Crippen molar-refractivity contribution in [3.8, 4) is 11.5 Å². The van der Waals surface area contributed by atoms with Crippen LogP contribution in [0.25, 0.3) is 5.76 Å². The minimum Gasteiger partial charge on any atom is -0.507 e. The molecule has 1 unspecified atom stereocenters. The number of aliphatic hydroxyl groups is 1. The molecule has 1 saturated heterocycles. The van der Waals surface area contributed by atoms with Crippen LogP contribution in [-0.4, -0.2) is 55.2 Å². The maximum Gasteiger partial charge on any atom is 0.295 e. The van der Waals surface area contributed by atoms with Crippen LogP contribution in [0.3, 0.4) is 0 Å². The van der Waals surface area contributed by atoms with Gasteiger partial charge in [0.25, 0.3) is 11.7 Å². The quantitative estimate of drug-likeness (QED) is 0.336. The summed E-state index contributed by atoms with van der Waals surface area (Å²) in [5.41, 5.74) is -0.138. The maximum atomic E-state index is 13.0. The molecule has 2 heterocycles. The number of ketones is 1. The molecule has 1 aliphatic rings. The summed E-state index contributed by atoms with van der Waals surface area (Å²) in [7, 11) is 2.73. The molecule has 0 aliphatic carbocycles. The van der Waals surface area contributed by atoms with E-state index >= 15 is 0 Å². The molecule has 0 bridgehead atoms. The maximum absolute atomic E-state index is 13.0. The minimum absolute atomic E-state index is 0.0122. The molecular formula is C22H23Cl2NO7. The number of furan rings is 1. The molecule has 1 fully saturated rings. The van der Waals surface area contributed by atoms with Crippen LogP contribution < -0.4 is 9.47 Å². The van der Waals surface area contributed by atoms with E-state index < -0.39 is 23.5 Å². The second-order valence-electron chi connectivity index (χ2n) is 7.21. The number of Topliss-reactive ketones (excluding diaryl/α,β-unsaturated/α-hetero) is 1. The minimum atomic E-state index is -0.967. The lowest BCUT2D eigenvalue weighted by Crippen LogP contribution is -2.33.